The minimum Gasteiger partial charge on any atom is -0.496 e. The fourth-order valence-electron chi connectivity index (χ4n) is 5.78. The van der Waals surface area contributed by atoms with Gasteiger partial charge in [-0.3, -0.25) is 19.3 Å². The first-order valence-electron chi connectivity index (χ1n) is 14.4. The normalized spacial score (nSPS) is 14.5. The van der Waals surface area contributed by atoms with Gasteiger partial charge in [-0.25, -0.2) is 9.37 Å². The molecule has 3 aromatic carbocycles. The van der Waals surface area contributed by atoms with E-state index in [1.165, 1.54) is 30.3 Å². The summed E-state index contributed by atoms with van der Waals surface area (Å²) in [4.78, 5) is 42.9. The highest BCUT2D eigenvalue weighted by atomic mass is 19.1. The van der Waals surface area contributed by atoms with Gasteiger partial charge in [-0.2, -0.15) is 0 Å². The Balaban J connectivity index is 1.43. The largest absolute Gasteiger partial charge is 0.496 e. The highest BCUT2D eigenvalue weighted by Crippen LogP contribution is 2.38. The Hall–Kier alpha value is -4.83. The highest BCUT2D eigenvalue weighted by molar-refractivity contribution is 6.04. The van der Waals surface area contributed by atoms with E-state index in [2.05, 4.69) is 15.6 Å². The monoisotopic (exact) mass is 597 g/mol. The highest BCUT2D eigenvalue weighted by Gasteiger charge is 2.24. The van der Waals surface area contributed by atoms with Crippen LogP contribution in [0.2, 0.25) is 0 Å². The molecule has 0 aliphatic carbocycles. The zero-order valence-corrected chi connectivity index (χ0v) is 25.5. The Morgan fingerprint density at radius 3 is 2.52 bits per heavy atom. The lowest BCUT2D eigenvalue weighted by Crippen LogP contribution is -2.36. The zero-order chi connectivity index (χ0) is 31.5. The average molecular weight is 598 g/mol. The van der Waals surface area contributed by atoms with E-state index in [0.29, 0.717) is 42.1 Å². The van der Waals surface area contributed by atoms with E-state index >= 15 is 4.39 Å². The molecule has 1 fully saturated rings. The summed E-state index contributed by atoms with van der Waals surface area (Å²) in [5, 5.41) is 5.81. The molecular weight excluding hydrogens is 561 g/mol. The molecule has 4 aromatic rings. The summed E-state index contributed by atoms with van der Waals surface area (Å²) in [6.07, 6.45) is 3.91. The number of halogens is 1. The van der Waals surface area contributed by atoms with Crippen molar-refractivity contribution in [2.24, 2.45) is 7.05 Å². The van der Waals surface area contributed by atoms with Gasteiger partial charge in [-0.15, -0.1) is 0 Å². The van der Waals surface area contributed by atoms with Crippen molar-refractivity contribution in [2.75, 3.05) is 26.0 Å². The van der Waals surface area contributed by atoms with Crippen molar-refractivity contribution >= 4 is 17.5 Å². The number of benzene rings is 3. The Morgan fingerprint density at radius 1 is 1.11 bits per heavy atom. The number of anilines is 1. The van der Waals surface area contributed by atoms with E-state index in [1.54, 1.807) is 13.1 Å². The van der Waals surface area contributed by atoms with Gasteiger partial charge in [0.15, 0.2) is 0 Å². The van der Waals surface area contributed by atoms with Crippen LogP contribution in [-0.2, 0) is 18.4 Å². The summed E-state index contributed by atoms with van der Waals surface area (Å²) < 4.78 is 22.6. The quantitative estimate of drug-likeness (QED) is 0.286. The van der Waals surface area contributed by atoms with Crippen molar-refractivity contribution < 1.29 is 18.7 Å². The van der Waals surface area contributed by atoms with Gasteiger partial charge in [-0.1, -0.05) is 30.3 Å². The number of aryl methyl sites for hydroxylation is 1. The van der Waals surface area contributed by atoms with Gasteiger partial charge in [0, 0.05) is 50.0 Å². The van der Waals surface area contributed by atoms with Crippen LogP contribution in [-0.4, -0.2) is 53.0 Å². The first kappa shape index (κ1) is 30.6. The third kappa shape index (κ3) is 6.26. The number of hydrogen-bond donors (Lipinski definition) is 2. The van der Waals surface area contributed by atoms with Gasteiger partial charge in [0.05, 0.1) is 13.4 Å². The summed E-state index contributed by atoms with van der Waals surface area (Å²) in [7, 11) is 4.98. The smallest absolute Gasteiger partial charge is 0.265 e. The van der Waals surface area contributed by atoms with Gasteiger partial charge in [0.25, 0.3) is 11.5 Å². The van der Waals surface area contributed by atoms with Gasteiger partial charge in [0.2, 0.25) is 5.91 Å². The molecule has 1 atom stereocenters. The van der Waals surface area contributed by atoms with Crippen LogP contribution in [0.5, 0.6) is 5.75 Å². The van der Waals surface area contributed by atoms with Crippen molar-refractivity contribution in [1.29, 1.82) is 0 Å². The summed E-state index contributed by atoms with van der Waals surface area (Å²) in [5.74, 6) is -0.397. The second-order valence-corrected chi connectivity index (χ2v) is 11.3. The number of nitrogens with one attached hydrogen (secondary N) is 2. The van der Waals surface area contributed by atoms with Crippen LogP contribution in [0.1, 0.15) is 39.9 Å². The molecule has 1 saturated heterocycles. The molecule has 2 N–H and O–H groups in total. The van der Waals surface area contributed by atoms with E-state index in [1.807, 2.05) is 62.2 Å². The first-order valence-corrected chi connectivity index (χ1v) is 14.4. The average Bonchev–Trinajstić information content (AvgIpc) is 3.40. The molecule has 0 unspecified atom stereocenters. The molecular formula is C34H36FN5O4. The molecule has 1 aliphatic rings. The van der Waals surface area contributed by atoms with Crippen LogP contribution in [0, 0.1) is 19.7 Å². The number of ether oxygens (including phenoxy) is 1. The second-order valence-electron chi connectivity index (χ2n) is 11.3. The van der Waals surface area contributed by atoms with Crippen LogP contribution in [0.3, 0.4) is 0 Å². The lowest BCUT2D eigenvalue weighted by molar-refractivity contribution is -0.119. The van der Waals surface area contributed by atoms with Crippen LogP contribution >= 0.6 is 0 Å². The van der Waals surface area contributed by atoms with Crippen molar-refractivity contribution in [3.05, 3.63) is 99.5 Å². The Bertz CT molecular complexity index is 1800. The van der Waals surface area contributed by atoms with Crippen molar-refractivity contribution in [1.82, 2.24) is 19.8 Å². The van der Waals surface area contributed by atoms with Crippen molar-refractivity contribution in [3.8, 4) is 28.0 Å². The molecule has 228 valence electrons. The number of hydrogen-bond acceptors (Lipinski definition) is 6. The lowest BCUT2D eigenvalue weighted by Gasteiger charge is -2.23. The Kier molecular flexibility index (Phi) is 8.91. The number of carbonyl (C=O) groups excluding carboxylic acids is 2. The molecule has 0 spiro atoms. The standard InChI is InChI=1S/C34H36FN5O4/c1-20-24(22-14-29(35)28(31(15-22)44-5)18-39(3)17-23-12-13-32(41)37-23)8-6-9-25(20)26-10-7-11-30(21(26)2)38-33(42)27-16-36-19-40(4)34(27)43/h6-11,14-16,19,23H,12-13,17-18H2,1-5H3,(H,37,41)(H,38,42)/t23-/m0/s1. The lowest BCUT2D eigenvalue weighted by atomic mass is 9.90. The van der Waals surface area contributed by atoms with Crippen LogP contribution in [0.15, 0.2) is 65.8 Å². The Morgan fingerprint density at radius 2 is 1.82 bits per heavy atom. The zero-order valence-electron chi connectivity index (χ0n) is 25.5. The van der Waals surface area contributed by atoms with Crippen LogP contribution in [0.25, 0.3) is 22.3 Å². The molecule has 44 heavy (non-hydrogen) atoms. The molecule has 9 nitrogen and oxygen atoms in total. The first-order chi connectivity index (χ1) is 21.1. The number of nitrogens with zero attached hydrogens (tertiary/aromatic N) is 3. The summed E-state index contributed by atoms with van der Waals surface area (Å²) >= 11 is 0. The number of carbonyl (C=O) groups is 2. The van der Waals surface area contributed by atoms with E-state index in [4.69, 9.17) is 4.74 Å². The number of methoxy groups -OCH3 is 1. The predicted octanol–water partition coefficient (Wildman–Crippen LogP) is 4.84. The maximum absolute atomic E-state index is 15.7. The van der Waals surface area contributed by atoms with Gasteiger partial charge >= 0.3 is 0 Å². The van der Waals surface area contributed by atoms with Crippen LogP contribution in [0.4, 0.5) is 10.1 Å². The summed E-state index contributed by atoms with van der Waals surface area (Å²) in [6, 6.07) is 14.9. The SMILES string of the molecule is COc1cc(-c2cccc(-c3cccc(NC(=O)c4cncn(C)c4=O)c3C)c2C)cc(F)c1CN(C)C[C@@H]1CCC(=O)N1. The third-order valence-corrected chi connectivity index (χ3v) is 8.18. The van der Waals surface area contributed by atoms with Gasteiger partial charge in [0.1, 0.15) is 17.1 Å². The van der Waals surface area contributed by atoms with E-state index in [0.717, 1.165) is 34.2 Å². The van der Waals surface area contributed by atoms with Crippen molar-refractivity contribution in [3.63, 3.8) is 0 Å². The topological polar surface area (TPSA) is 106 Å². The molecule has 0 radical (unpaired) electrons. The number of aromatic nitrogens is 2. The molecule has 2 amide bonds. The van der Waals surface area contributed by atoms with Gasteiger partial charge < -0.3 is 19.9 Å². The Labute approximate surface area is 255 Å². The fourth-order valence-corrected chi connectivity index (χ4v) is 5.78. The van der Waals surface area contributed by atoms with Crippen LogP contribution < -0.4 is 20.9 Å². The van der Waals surface area contributed by atoms with E-state index < -0.39 is 11.5 Å². The summed E-state index contributed by atoms with van der Waals surface area (Å²) in [6.45, 7) is 4.85. The fraction of sp³-hybridized carbons (Fsp3) is 0.294. The second kappa shape index (κ2) is 12.8. The van der Waals surface area contributed by atoms with Gasteiger partial charge in [-0.05, 0) is 78.9 Å². The summed E-state index contributed by atoms with van der Waals surface area (Å²) in [5.41, 5.74) is 5.66. The minimum atomic E-state index is -0.536. The van der Waals surface area contributed by atoms with E-state index in [9.17, 15) is 14.4 Å². The number of rotatable bonds is 9. The molecule has 10 heteroatoms. The number of likely N-dealkylation sites (N-methyl/N-ethyl adjacent to an activating group) is 1. The third-order valence-electron chi connectivity index (χ3n) is 8.18. The molecule has 1 aliphatic heterocycles. The maximum atomic E-state index is 15.7. The minimum absolute atomic E-state index is 0.0473. The molecule has 5 rings (SSSR count). The molecule has 0 bridgehead atoms. The molecule has 2 heterocycles. The maximum Gasteiger partial charge on any atom is 0.265 e. The number of amides is 2. The molecule has 0 saturated carbocycles. The van der Waals surface area contributed by atoms with E-state index in [-0.39, 0.29) is 23.3 Å². The molecule has 1 aromatic heterocycles. The van der Waals surface area contributed by atoms with Crippen molar-refractivity contribution in [2.45, 2.75) is 39.3 Å². The predicted molar refractivity (Wildman–Crippen MR) is 168 cm³/mol.